The number of hydrogen-bond donors (Lipinski definition) is 1. The highest BCUT2D eigenvalue weighted by Gasteiger charge is 2.14. The third-order valence-electron chi connectivity index (χ3n) is 4.07. The fourth-order valence-electron chi connectivity index (χ4n) is 2.89. The zero-order valence-electron chi connectivity index (χ0n) is 14.9. The molecule has 0 saturated heterocycles. The first-order chi connectivity index (χ1) is 12.6. The lowest BCUT2D eigenvalue weighted by Crippen LogP contribution is -2.09. The number of rotatable bonds is 8. The molecule has 26 heavy (non-hydrogen) atoms. The highest BCUT2D eigenvalue weighted by Crippen LogP contribution is 2.26. The number of halogens is 2. The largest absolute Gasteiger partial charge is 0.434 e. The van der Waals surface area contributed by atoms with Crippen molar-refractivity contribution in [3.63, 3.8) is 0 Å². The Morgan fingerprint density at radius 1 is 1.19 bits per heavy atom. The van der Waals surface area contributed by atoms with Crippen LogP contribution in [0.4, 0.5) is 14.6 Å². The zero-order valence-corrected chi connectivity index (χ0v) is 14.9. The van der Waals surface area contributed by atoms with Gasteiger partial charge in [0.2, 0.25) is 0 Å². The summed E-state index contributed by atoms with van der Waals surface area (Å²) in [5, 5.41) is 3.37. The van der Waals surface area contributed by atoms with E-state index in [-0.39, 0.29) is 5.75 Å². The van der Waals surface area contributed by atoms with Crippen LogP contribution in [-0.2, 0) is 6.54 Å². The summed E-state index contributed by atoms with van der Waals surface area (Å²) in [4.78, 5) is 9.00. The maximum atomic E-state index is 12.7. The van der Waals surface area contributed by atoms with Gasteiger partial charge in [0, 0.05) is 18.3 Å². The Morgan fingerprint density at radius 2 is 2.00 bits per heavy atom. The summed E-state index contributed by atoms with van der Waals surface area (Å²) in [6.07, 6.45) is 4.01. The fourth-order valence-corrected chi connectivity index (χ4v) is 2.89. The van der Waals surface area contributed by atoms with Gasteiger partial charge in [-0.15, -0.1) is 0 Å². The number of aromatic nitrogens is 3. The summed E-state index contributed by atoms with van der Waals surface area (Å²) >= 11 is 0. The number of benzene rings is 1. The minimum Gasteiger partial charge on any atom is -0.434 e. The van der Waals surface area contributed by atoms with Crippen molar-refractivity contribution in [2.75, 3.05) is 11.9 Å². The van der Waals surface area contributed by atoms with Crippen LogP contribution < -0.4 is 10.1 Å². The van der Waals surface area contributed by atoms with E-state index in [1.165, 1.54) is 0 Å². The molecular weight excluding hydrogens is 338 g/mol. The quantitative estimate of drug-likeness (QED) is 0.597. The molecule has 0 radical (unpaired) electrons. The predicted molar refractivity (Wildman–Crippen MR) is 97.8 cm³/mol. The third-order valence-corrected chi connectivity index (χ3v) is 4.07. The third kappa shape index (κ3) is 4.09. The summed E-state index contributed by atoms with van der Waals surface area (Å²) in [5.41, 5.74) is 2.35. The molecule has 0 fully saturated rings. The lowest BCUT2D eigenvalue weighted by Gasteiger charge is -2.14. The monoisotopic (exact) mass is 360 g/mol. The minimum atomic E-state index is -2.85. The van der Waals surface area contributed by atoms with Gasteiger partial charge in [0.15, 0.2) is 5.82 Å². The average molecular weight is 360 g/mol. The van der Waals surface area contributed by atoms with Crippen molar-refractivity contribution in [2.24, 2.45) is 0 Å². The van der Waals surface area contributed by atoms with Gasteiger partial charge in [0.25, 0.3) is 0 Å². The number of fused-ring (bicyclic) bond motifs is 1. The molecule has 5 nitrogen and oxygen atoms in total. The highest BCUT2D eigenvalue weighted by atomic mass is 19.3. The van der Waals surface area contributed by atoms with Crippen LogP contribution in [0.1, 0.15) is 31.2 Å². The molecule has 0 aliphatic rings. The van der Waals surface area contributed by atoms with E-state index in [0.29, 0.717) is 17.9 Å². The van der Waals surface area contributed by atoms with Crippen LogP contribution in [0.5, 0.6) is 5.75 Å². The van der Waals surface area contributed by atoms with Gasteiger partial charge >= 0.3 is 6.61 Å². The average Bonchev–Trinajstić information content (AvgIpc) is 2.99. The van der Waals surface area contributed by atoms with Gasteiger partial charge in [-0.05, 0) is 25.5 Å². The Morgan fingerprint density at radius 3 is 2.77 bits per heavy atom. The molecule has 1 N–H and O–H groups in total. The first-order valence-corrected chi connectivity index (χ1v) is 8.68. The molecule has 0 amide bonds. The number of nitrogens with one attached hydrogen (secondary N) is 1. The van der Waals surface area contributed by atoms with Crippen molar-refractivity contribution in [1.82, 2.24) is 14.5 Å². The number of para-hydroxylation sites is 1. The van der Waals surface area contributed by atoms with Gasteiger partial charge in [-0.25, -0.2) is 9.97 Å². The maximum absolute atomic E-state index is 12.7. The zero-order chi connectivity index (χ0) is 18.5. The van der Waals surface area contributed by atoms with E-state index in [2.05, 4.69) is 26.9 Å². The van der Waals surface area contributed by atoms with Gasteiger partial charge in [0.05, 0.1) is 12.1 Å². The Bertz CT molecular complexity index is 879. The van der Waals surface area contributed by atoms with Crippen molar-refractivity contribution in [2.45, 2.75) is 39.8 Å². The van der Waals surface area contributed by atoms with Crippen molar-refractivity contribution < 1.29 is 13.5 Å². The first kappa shape index (κ1) is 18.1. The SMILES string of the molecule is CCCCNc1nc(C)nc2ccn(Cc3ccccc3OC(F)F)c12. The molecule has 1 aromatic carbocycles. The normalized spacial score (nSPS) is 11.3. The molecule has 3 rings (SSSR count). The van der Waals surface area contributed by atoms with Crippen molar-refractivity contribution in [1.29, 1.82) is 0 Å². The van der Waals surface area contributed by atoms with E-state index in [4.69, 9.17) is 0 Å². The molecule has 2 aromatic heterocycles. The van der Waals surface area contributed by atoms with E-state index in [1.54, 1.807) is 24.3 Å². The molecule has 0 aliphatic carbocycles. The lowest BCUT2D eigenvalue weighted by atomic mass is 10.2. The van der Waals surface area contributed by atoms with Gasteiger partial charge in [-0.2, -0.15) is 8.78 Å². The molecule has 0 saturated carbocycles. The molecule has 0 unspecified atom stereocenters. The van der Waals surface area contributed by atoms with Crippen LogP contribution in [0.25, 0.3) is 11.0 Å². The van der Waals surface area contributed by atoms with E-state index in [9.17, 15) is 8.78 Å². The van der Waals surface area contributed by atoms with Crippen LogP contribution >= 0.6 is 0 Å². The second-order valence-electron chi connectivity index (χ2n) is 6.06. The van der Waals surface area contributed by atoms with Crippen molar-refractivity contribution in [3.05, 3.63) is 47.9 Å². The second kappa shape index (κ2) is 8.12. The smallest absolute Gasteiger partial charge is 0.387 e. The molecule has 0 spiro atoms. The number of aryl methyl sites for hydroxylation is 1. The number of ether oxygens (including phenoxy) is 1. The summed E-state index contributed by atoms with van der Waals surface area (Å²) < 4.78 is 31.9. The molecule has 0 atom stereocenters. The lowest BCUT2D eigenvalue weighted by molar-refractivity contribution is -0.0504. The molecule has 2 heterocycles. The van der Waals surface area contributed by atoms with Crippen LogP contribution in [0.2, 0.25) is 0 Å². The van der Waals surface area contributed by atoms with Gasteiger partial charge in [-0.3, -0.25) is 0 Å². The number of nitrogens with zero attached hydrogens (tertiary/aromatic N) is 3. The van der Waals surface area contributed by atoms with Crippen molar-refractivity contribution >= 4 is 16.9 Å². The number of unbranched alkanes of at least 4 members (excludes halogenated alkanes) is 1. The maximum Gasteiger partial charge on any atom is 0.387 e. The molecule has 3 aromatic rings. The molecule has 7 heteroatoms. The minimum absolute atomic E-state index is 0.179. The topological polar surface area (TPSA) is 52.0 Å². The first-order valence-electron chi connectivity index (χ1n) is 8.68. The van der Waals surface area contributed by atoms with E-state index in [1.807, 2.05) is 23.8 Å². The summed E-state index contributed by atoms with van der Waals surface area (Å²) in [6.45, 7) is 2.34. The van der Waals surface area contributed by atoms with Crippen LogP contribution in [0, 0.1) is 6.92 Å². The Balaban J connectivity index is 1.96. The van der Waals surface area contributed by atoms with E-state index >= 15 is 0 Å². The number of anilines is 1. The molecule has 138 valence electrons. The summed E-state index contributed by atoms with van der Waals surface area (Å²) in [5.74, 6) is 1.63. The van der Waals surface area contributed by atoms with Gasteiger partial charge < -0.3 is 14.6 Å². The fraction of sp³-hybridized carbons (Fsp3) is 0.368. The molecule has 0 bridgehead atoms. The summed E-state index contributed by atoms with van der Waals surface area (Å²) in [6, 6.07) is 8.72. The highest BCUT2D eigenvalue weighted by molar-refractivity contribution is 5.86. The van der Waals surface area contributed by atoms with Crippen LogP contribution in [0.15, 0.2) is 36.5 Å². The van der Waals surface area contributed by atoms with Gasteiger partial charge in [-0.1, -0.05) is 31.5 Å². The second-order valence-corrected chi connectivity index (χ2v) is 6.06. The van der Waals surface area contributed by atoms with Crippen LogP contribution in [-0.4, -0.2) is 27.7 Å². The number of alkyl halides is 2. The number of hydrogen-bond acceptors (Lipinski definition) is 4. The standard InChI is InChI=1S/C19H22F2N4O/c1-3-4-10-22-18-17-15(23-13(2)24-18)9-11-25(17)12-14-7-5-6-8-16(14)26-19(20)21/h5-9,11,19H,3-4,10,12H2,1-2H3,(H,22,23,24). The van der Waals surface area contributed by atoms with Gasteiger partial charge in [0.1, 0.15) is 17.1 Å². The summed E-state index contributed by atoms with van der Waals surface area (Å²) in [7, 11) is 0. The van der Waals surface area contributed by atoms with E-state index < -0.39 is 6.61 Å². The van der Waals surface area contributed by atoms with Crippen LogP contribution in [0.3, 0.4) is 0 Å². The Hall–Kier alpha value is -2.70. The predicted octanol–water partition coefficient (Wildman–Crippen LogP) is 4.60. The van der Waals surface area contributed by atoms with Crippen molar-refractivity contribution in [3.8, 4) is 5.75 Å². The van der Waals surface area contributed by atoms with E-state index in [0.717, 1.165) is 36.2 Å². The molecule has 0 aliphatic heterocycles. The Kier molecular flexibility index (Phi) is 5.65. The Labute approximate surface area is 151 Å². The molecular formula is C19H22F2N4O.